The van der Waals surface area contributed by atoms with Gasteiger partial charge < -0.3 is 20.2 Å². The Morgan fingerprint density at radius 1 is 1.45 bits per heavy atom. The summed E-state index contributed by atoms with van der Waals surface area (Å²) in [6.45, 7) is 1.16. The highest BCUT2D eigenvalue weighted by atomic mass is 16.5. The highest BCUT2D eigenvalue weighted by Gasteiger charge is 2.38. The van der Waals surface area contributed by atoms with Crippen LogP contribution in [-0.4, -0.2) is 47.0 Å². The van der Waals surface area contributed by atoms with Gasteiger partial charge in [0.15, 0.2) is 11.4 Å². The normalized spacial score (nSPS) is 24.9. The first-order valence-electron chi connectivity index (χ1n) is 6.63. The molecule has 1 unspecified atom stereocenters. The molecule has 7 heteroatoms. The number of carbonyl (C=O) groups is 1. The average Bonchev–Trinajstić information content (AvgIpc) is 2.44. The average molecular weight is 279 g/mol. The highest BCUT2D eigenvalue weighted by Crippen LogP contribution is 2.28. The molecule has 2 atom stereocenters. The topological polar surface area (TPSA) is 83.8 Å². The highest BCUT2D eigenvalue weighted by molar-refractivity contribution is 5.96. The van der Waals surface area contributed by atoms with E-state index in [-0.39, 0.29) is 23.7 Å². The third-order valence-electron chi connectivity index (χ3n) is 3.91. The van der Waals surface area contributed by atoms with Gasteiger partial charge in [0.2, 0.25) is 5.43 Å². The van der Waals surface area contributed by atoms with Crippen molar-refractivity contribution in [3.05, 3.63) is 28.2 Å². The molecule has 0 radical (unpaired) electrons. The molecule has 1 amide bonds. The summed E-state index contributed by atoms with van der Waals surface area (Å²) in [5.74, 6) is -0.534. The summed E-state index contributed by atoms with van der Waals surface area (Å²) in [6, 6.07) is 1.24. The van der Waals surface area contributed by atoms with Crippen LogP contribution in [0.2, 0.25) is 0 Å². The lowest BCUT2D eigenvalue weighted by atomic mass is 9.96. The van der Waals surface area contributed by atoms with Crippen LogP contribution in [0.5, 0.6) is 5.75 Å². The molecule has 108 valence electrons. The van der Waals surface area contributed by atoms with Crippen molar-refractivity contribution in [1.82, 2.24) is 9.58 Å². The van der Waals surface area contributed by atoms with Crippen LogP contribution in [0.3, 0.4) is 0 Å². The van der Waals surface area contributed by atoms with Crippen molar-refractivity contribution in [1.29, 1.82) is 0 Å². The first-order valence-corrected chi connectivity index (χ1v) is 6.63. The molecule has 3 heterocycles. The number of fused-ring (bicyclic) bond motifs is 2. The zero-order chi connectivity index (χ0) is 14.3. The van der Waals surface area contributed by atoms with Crippen LogP contribution in [0.15, 0.2) is 17.1 Å². The Labute approximate surface area is 115 Å². The molecule has 2 N–H and O–H groups in total. The summed E-state index contributed by atoms with van der Waals surface area (Å²) in [4.78, 5) is 25.6. The summed E-state index contributed by atoms with van der Waals surface area (Å²) < 4.78 is 6.59. The van der Waals surface area contributed by atoms with E-state index in [1.165, 1.54) is 16.9 Å². The number of aromatic nitrogens is 1. The van der Waals surface area contributed by atoms with Crippen molar-refractivity contribution in [3.63, 3.8) is 0 Å². The summed E-state index contributed by atoms with van der Waals surface area (Å²) in [6.07, 6.45) is 3.15. The molecule has 0 aliphatic carbocycles. The zero-order valence-electron chi connectivity index (χ0n) is 11.2. The number of amides is 1. The third-order valence-corrected chi connectivity index (χ3v) is 3.91. The Balaban J connectivity index is 1.95. The van der Waals surface area contributed by atoms with Gasteiger partial charge in [-0.2, -0.15) is 0 Å². The second-order valence-electron chi connectivity index (χ2n) is 5.25. The van der Waals surface area contributed by atoms with Gasteiger partial charge in [-0.05, 0) is 12.8 Å². The van der Waals surface area contributed by atoms with E-state index in [4.69, 9.17) is 4.74 Å². The smallest absolute Gasteiger partial charge is 0.278 e. The van der Waals surface area contributed by atoms with Gasteiger partial charge in [0.25, 0.3) is 5.91 Å². The number of carbonyl (C=O) groups excluding carboxylic acids is 1. The van der Waals surface area contributed by atoms with Gasteiger partial charge >= 0.3 is 0 Å². The lowest BCUT2D eigenvalue weighted by molar-refractivity contribution is 0.0364. The number of ether oxygens (including phenoxy) is 1. The van der Waals surface area contributed by atoms with Gasteiger partial charge in [-0.25, -0.2) is 0 Å². The number of methoxy groups -OCH3 is 1. The predicted octanol–water partition coefficient (Wildman–Crippen LogP) is -0.0643. The second kappa shape index (κ2) is 4.82. The number of hydrogen-bond acceptors (Lipinski definition) is 5. The van der Waals surface area contributed by atoms with Crippen molar-refractivity contribution < 1.29 is 14.6 Å². The van der Waals surface area contributed by atoms with E-state index in [1.54, 1.807) is 12.0 Å². The van der Waals surface area contributed by atoms with Crippen molar-refractivity contribution in [2.24, 2.45) is 5.92 Å². The van der Waals surface area contributed by atoms with Gasteiger partial charge in [0.1, 0.15) is 6.17 Å². The van der Waals surface area contributed by atoms with Crippen LogP contribution in [0, 0.1) is 5.92 Å². The van der Waals surface area contributed by atoms with E-state index in [2.05, 4.69) is 5.43 Å². The monoisotopic (exact) mass is 279 g/mol. The van der Waals surface area contributed by atoms with Crippen molar-refractivity contribution in [2.75, 3.05) is 25.7 Å². The summed E-state index contributed by atoms with van der Waals surface area (Å²) in [7, 11) is 1.64. The van der Waals surface area contributed by atoms with Gasteiger partial charge in [-0.1, -0.05) is 0 Å². The summed E-state index contributed by atoms with van der Waals surface area (Å²) in [5.41, 5.74) is 2.60. The number of hydrogen-bond donors (Lipinski definition) is 2. The molecule has 2 aliphatic rings. The number of pyridine rings is 1. The lowest BCUT2D eigenvalue weighted by Crippen LogP contribution is -2.57. The van der Waals surface area contributed by atoms with E-state index in [9.17, 15) is 14.7 Å². The number of rotatable bonds is 2. The molecule has 20 heavy (non-hydrogen) atoms. The van der Waals surface area contributed by atoms with Gasteiger partial charge in [-0.15, -0.1) is 0 Å². The molecular formula is C13H17N3O4. The molecule has 0 saturated carbocycles. The maximum atomic E-state index is 12.5. The van der Waals surface area contributed by atoms with Crippen LogP contribution in [0.4, 0.5) is 0 Å². The molecule has 2 aliphatic heterocycles. The molecule has 7 nitrogen and oxygen atoms in total. The fourth-order valence-corrected chi connectivity index (χ4v) is 2.91. The maximum Gasteiger partial charge on any atom is 0.278 e. The van der Waals surface area contributed by atoms with Crippen LogP contribution >= 0.6 is 0 Å². The van der Waals surface area contributed by atoms with Crippen molar-refractivity contribution >= 4 is 5.91 Å². The first-order chi connectivity index (χ1) is 9.61. The Morgan fingerprint density at radius 3 is 3.00 bits per heavy atom. The molecule has 1 aromatic rings. The lowest BCUT2D eigenvalue weighted by Gasteiger charge is -2.44. The Hall–Kier alpha value is -2.02. The Bertz CT molecular complexity index is 598. The molecule has 1 saturated heterocycles. The van der Waals surface area contributed by atoms with Crippen LogP contribution in [0.1, 0.15) is 23.3 Å². The van der Waals surface area contributed by atoms with Crippen molar-refractivity contribution in [2.45, 2.75) is 19.0 Å². The fraction of sp³-hybridized carbons (Fsp3) is 0.538. The van der Waals surface area contributed by atoms with Crippen LogP contribution < -0.4 is 10.9 Å². The van der Waals surface area contributed by atoms with Gasteiger partial charge in [0, 0.05) is 31.8 Å². The third kappa shape index (κ3) is 1.94. The minimum absolute atomic E-state index is 0.00631. The SMILES string of the molecule is COCC1CC[C@H]2Nn3ccc(=O)c(O)c3C(=O)N2C1. The molecular weight excluding hydrogens is 262 g/mol. The predicted molar refractivity (Wildman–Crippen MR) is 71.2 cm³/mol. The molecule has 0 aromatic carbocycles. The quantitative estimate of drug-likeness (QED) is 0.792. The largest absolute Gasteiger partial charge is 0.502 e. The maximum absolute atomic E-state index is 12.5. The standard InChI is InChI=1S/C13H17N3O4/c1-20-7-8-2-3-10-14-16-5-4-9(17)12(18)11(16)13(19)15(10)6-8/h4-5,8,10,14,18H,2-3,6-7H2,1H3/t8?,10-/m0/s1. The summed E-state index contributed by atoms with van der Waals surface area (Å²) in [5, 5.41) is 9.83. The fourth-order valence-electron chi connectivity index (χ4n) is 2.91. The van der Waals surface area contributed by atoms with Gasteiger partial charge in [0.05, 0.1) is 6.61 Å². The number of nitrogens with zero attached hydrogens (tertiary/aromatic N) is 2. The molecule has 0 bridgehead atoms. The molecule has 0 spiro atoms. The minimum Gasteiger partial charge on any atom is -0.502 e. The van der Waals surface area contributed by atoms with E-state index >= 15 is 0 Å². The minimum atomic E-state index is -0.546. The van der Waals surface area contributed by atoms with Crippen molar-refractivity contribution in [3.8, 4) is 5.75 Å². The number of aromatic hydroxyl groups is 1. The first kappa shape index (κ1) is 13.0. The molecule has 1 fully saturated rings. The molecule has 3 rings (SSSR count). The second-order valence-corrected chi connectivity index (χ2v) is 5.25. The summed E-state index contributed by atoms with van der Waals surface area (Å²) >= 11 is 0. The van der Waals surface area contributed by atoms with Crippen LogP contribution in [0.25, 0.3) is 0 Å². The number of nitrogens with one attached hydrogen (secondary N) is 1. The van der Waals surface area contributed by atoms with E-state index in [0.717, 1.165) is 12.8 Å². The van der Waals surface area contributed by atoms with E-state index in [0.29, 0.717) is 13.2 Å². The van der Waals surface area contributed by atoms with E-state index in [1.807, 2.05) is 0 Å². The molecule has 1 aromatic heterocycles. The van der Waals surface area contributed by atoms with E-state index < -0.39 is 11.2 Å². The Kier molecular flexibility index (Phi) is 3.13. The van der Waals surface area contributed by atoms with Crippen LogP contribution in [-0.2, 0) is 4.74 Å². The number of piperidine rings is 1. The Morgan fingerprint density at radius 2 is 2.25 bits per heavy atom. The van der Waals surface area contributed by atoms with Gasteiger partial charge in [-0.3, -0.25) is 14.3 Å². The zero-order valence-corrected chi connectivity index (χ0v) is 11.2.